The lowest BCUT2D eigenvalue weighted by Crippen LogP contribution is -2.30. The Hall–Kier alpha value is -3.88. The molecule has 0 spiro atoms. The Kier molecular flexibility index (Phi) is 7.41. The summed E-state index contributed by atoms with van der Waals surface area (Å²) in [4.78, 5) is 36.0. The average molecular weight is 464 g/mol. The molecule has 1 aliphatic rings. The van der Waals surface area contributed by atoms with Crippen LogP contribution in [0.2, 0.25) is 0 Å². The first-order valence-electron chi connectivity index (χ1n) is 11.4. The number of carbonyl (C=O) groups excluding carboxylic acids is 1. The fourth-order valence-corrected chi connectivity index (χ4v) is 4.08. The Morgan fingerprint density at radius 1 is 1.24 bits per heavy atom. The van der Waals surface area contributed by atoms with Crippen molar-refractivity contribution >= 4 is 17.7 Å². The maximum Gasteiger partial charge on any atom is 0.305 e. The van der Waals surface area contributed by atoms with Crippen molar-refractivity contribution in [1.82, 2.24) is 20.3 Å². The number of hydrogen-bond acceptors (Lipinski definition) is 6. The molecule has 3 aromatic rings. The van der Waals surface area contributed by atoms with Crippen LogP contribution in [0.15, 0.2) is 42.7 Å². The summed E-state index contributed by atoms with van der Waals surface area (Å²) in [7, 11) is 1.50. The first-order valence-corrected chi connectivity index (χ1v) is 11.4. The number of carbonyl (C=O) groups is 2. The molecule has 1 aliphatic heterocycles. The molecule has 34 heavy (non-hydrogen) atoms. The molecule has 4 N–H and O–H groups in total. The standard InChI is InChI=1S/C25H29N5O4/c1-34-22-10-8-18(15-28-22)20(13-23(31)32)30-25(33)21-12-16(14-27-21)4-2-6-19-9-7-17-5-3-11-26-24(17)29-19/h7-10,12,14-15,20,27H,2-6,11,13H2,1H3,(H,26,29)(H,30,33)(H,31,32). The van der Waals surface area contributed by atoms with Crippen molar-refractivity contribution in [2.24, 2.45) is 0 Å². The van der Waals surface area contributed by atoms with Gasteiger partial charge in [0.2, 0.25) is 5.88 Å². The van der Waals surface area contributed by atoms with E-state index in [0.717, 1.165) is 55.7 Å². The smallest absolute Gasteiger partial charge is 0.305 e. The van der Waals surface area contributed by atoms with Gasteiger partial charge in [0.05, 0.1) is 19.6 Å². The fraction of sp³-hybridized carbons (Fsp3) is 0.360. The molecule has 4 heterocycles. The Morgan fingerprint density at radius 3 is 2.88 bits per heavy atom. The predicted octanol–water partition coefficient (Wildman–Crippen LogP) is 3.29. The van der Waals surface area contributed by atoms with Gasteiger partial charge in [0.1, 0.15) is 11.5 Å². The van der Waals surface area contributed by atoms with Crippen molar-refractivity contribution in [2.75, 3.05) is 19.0 Å². The van der Waals surface area contributed by atoms with Gasteiger partial charge in [-0.15, -0.1) is 0 Å². The average Bonchev–Trinajstić information content (AvgIpc) is 3.32. The van der Waals surface area contributed by atoms with Crippen molar-refractivity contribution in [1.29, 1.82) is 0 Å². The lowest BCUT2D eigenvalue weighted by Gasteiger charge is -2.17. The zero-order valence-corrected chi connectivity index (χ0v) is 19.1. The largest absolute Gasteiger partial charge is 0.481 e. The lowest BCUT2D eigenvalue weighted by atomic mass is 10.0. The minimum absolute atomic E-state index is 0.254. The van der Waals surface area contributed by atoms with E-state index in [1.807, 2.05) is 6.20 Å². The summed E-state index contributed by atoms with van der Waals surface area (Å²) in [5, 5.41) is 15.4. The van der Waals surface area contributed by atoms with Gasteiger partial charge in [-0.1, -0.05) is 12.1 Å². The number of ether oxygens (including phenoxy) is 1. The van der Waals surface area contributed by atoms with E-state index in [1.54, 1.807) is 18.2 Å². The molecule has 0 fully saturated rings. The van der Waals surface area contributed by atoms with E-state index in [9.17, 15) is 14.7 Å². The summed E-state index contributed by atoms with van der Waals surface area (Å²) in [5.41, 5.74) is 4.34. The molecule has 9 nitrogen and oxygen atoms in total. The molecule has 0 saturated heterocycles. The number of methoxy groups -OCH3 is 1. The molecule has 3 aromatic heterocycles. The molecule has 1 unspecified atom stereocenters. The third-order valence-electron chi connectivity index (χ3n) is 5.89. The van der Waals surface area contributed by atoms with E-state index in [0.29, 0.717) is 17.1 Å². The number of anilines is 1. The van der Waals surface area contributed by atoms with Gasteiger partial charge < -0.3 is 25.5 Å². The number of nitrogens with zero attached hydrogens (tertiary/aromatic N) is 2. The first-order chi connectivity index (χ1) is 16.5. The third kappa shape index (κ3) is 5.92. The molecule has 4 rings (SSSR count). The van der Waals surface area contributed by atoms with E-state index in [2.05, 4.69) is 32.7 Å². The highest BCUT2D eigenvalue weighted by Crippen LogP contribution is 2.21. The van der Waals surface area contributed by atoms with E-state index in [1.165, 1.54) is 18.9 Å². The zero-order chi connectivity index (χ0) is 23.9. The number of rotatable bonds is 10. The van der Waals surface area contributed by atoms with Gasteiger partial charge in [0.25, 0.3) is 5.91 Å². The van der Waals surface area contributed by atoms with Gasteiger partial charge in [0.15, 0.2) is 0 Å². The first kappa shape index (κ1) is 23.3. The van der Waals surface area contributed by atoms with Gasteiger partial charge in [-0.3, -0.25) is 9.59 Å². The van der Waals surface area contributed by atoms with Crippen molar-refractivity contribution in [2.45, 2.75) is 44.6 Å². The normalized spacial score (nSPS) is 13.4. The summed E-state index contributed by atoms with van der Waals surface area (Å²) in [6, 6.07) is 8.69. The Bertz CT molecular complexity index is 1140. The second kappa shape index (κ2) is 10.8. The van der Waals surface area contributed by atoms with Crippen LogP contribution in [0.4, 0.5) is 5.82 Å². The number of aliphatic carboxylic acids is 1. The van der Waals surface area contributed by atoms with Gasteiger partial charge in [-0.2, -0.15) is 0 Å². The molecule has 9 heteroatoms. The second-order valence-corrected chi connectivity index (χ2v) is 8.37. The predicted molar refractivity (Wildman–Crippen MR) is 127 cm³/mol. The summed E-state index contributed by atoms with van der Waals surface area (Å²) in [5.74, 6) is 0.0439. The van der Waals surface area contributed by atoms with Gasteiger partial charge >= 0.3 is 5.97 Å². The van der Waals surface area contributed by atoms with E-state index >= 15 is 0 Å². The minimum atomic E-state index is -1.01. The van der Waals surface area contributed by atoms with Crippen LogP contribution < -0.4 is 15.4 Å². The third-order valence-corrected chi connectivity index (χ3v) is 5.89. The topological polar surface area (TPSA) is 129 Å². The molecular weight excluding hydrogens is 434 g/mol. The van der Waals surface area contributed by atoms with Crippen LogP contribution in [0.1, 0.15) is 58.2 Å². The fourth-order valence-electron chi connectivity index (χ4n) is 4.08. The summed E-state index contributed by atoms with van der Waals surface area (Å²) in [6.07, 6.45) is 7.86. The summed E-state index contributed by atoms with van der Waals surface area (Å²) in [6.45, 7) is 0.972. The maximum absolute atomic E-state index is 12.8. The Morgan fingerprint density at radius 2 is 2.12 bits per heavy atom. The number of carboxylic acid groups (broad SMARTS) is 1. The molecule has 0 saturated carbocycles. The molecule has 1 amide bonds. The Labute approximate surface area is 198 Å². The van der Waals surface area contributed by atoms with Crippen molar-refractivity contribution < 1.29 is 19.4 Å². The summed E-state index contributed by atoms with van der Waals surface area (Å²) < 4.78 is 5.04. The Balaban J connectivity index is 1.33. The van der Waals surface area contributed by atoms with Crippen molar-refractivity contribution in [3.8, 4) is 5.88 Å². The number of hydrogen-bond donors (Lipinski definition) is 4. The van der Waals surface area contributed by atoms with Crippen LogP contribution in [-0.2, 0) is 24.1 Å². The maximum atomic E-state index is 12.8. The SMILES string of the molecule is COc1ccc(C(CC(=O)O)NC(=O)c2cc(CCCc3ccc4c(n3)NCCC4)c[nH]2)cn1. The number of nitrogens with one attached hydrogen (secondary N) is 3. The second-order valence-electron chi connectivity index (χ2n) is 8.37. The number of amides is 1. The highest BCUT2D eigenvalue weighted by Gasteiger charge is 2.20. The highest BCUT2D eigenvalue weighted by atomic mass is 16.5. The molecule has 0 aliphatic carbocycles. The van der Waals surface area contributed by atoms with Gasteiger partial charge in [-0.05, 0) is 60.9 Å². The van der Waals surface area contributed by atoms with E-state index < -0.39 is 12.0 Å². The van der Waals surface area contributed by atoms with E-state index in [-0.39, 0.29) is 12.3 Å². The number of fused-ring (bicyclic) bond motifs is 1. The van der Waals surface area contributed by atoms with Crippen LogP contribution >= 0.6 is 0 Å². The van der Waals surface area contributed by atoms with E-state index in [4.69, 9.17) is 9.72 Å². The summed E-state index contributed by atoms with van der Waals surface area (Å²) >= 11 is 0. The number of carboxylic acids is 1. The van der Waals surface area contributed by atoms with Crippen LogP contribution in [0.25, 0.3) is 0 Å². The van der Waals surface area contributed by atoms with Crippen LogP contribution in [0.5, 0.6) is 5.88 Å². The van der Waals surface area contributed by atoms with Crippen LogP contribution in [0, 0.1) is 0 Å². The molecule has 0 bridgehead atoms. The van der Waals surface area contributed by atoms with Crippen molar-refractivity contribution in [3.05, 3.63) is 70.8 Å². The number of H-pyrrole nitrogens is 1. The highest BCUT2D eigenvalue weighted by molar-refractivity contribution is 5.93. The van der Waals surface area contributed by atoms with Crippen LogP contribution in [0.3, 0.4) is 0 Å². The quantitative estimate of drug-likeness (QED) is 0.363. The number of aromatic amines is 1. The van der Waals surface area contributed by atoms with Gasteiger partial charge in [-0.25, -0.2) is 9.97 Å². The molecule has 0 aromatic carbocycles. The zero-order valence-electron chi connectivity index (χ0n) is 19.1. The monoisotopic (exact) mass is 463 g/mol. The number of aromatic nitrogens is 3. The lowest BCUT2D eigenvalue weighted by molar-refractivity contribution is -0.137. The minimum Gasteiger partial charge on any atom is -0.481 e. The molecular formula is C25H29N5O4. The molecule has 178 valence electrons. The van der Waals surface area contributed by atoms with Crippen molar-refractivity contribution in [3.63, 3.8) is 0 Å². The number of aryl methyl sites for hydroxylation is 3. The molecule has 0 radical (unpaired) electrons. The molecule has 1 atom stereocenters. The van der Waals surface area contributed by atoms with Crippen LogP contribution in [-0.4, -0.2) is 45.6 Å². The van der Waals surface area contributed by atoms with Gasteiger partial charge in [0, 0.05) is 30.7 Å². The number of pyridine rings is 2.